The molecule has 3 N–H and O–H groups in total. The van der Waals surface area contributed by atoms with E-state index in [9.17, 15) is 9.59 Å². The van der Waals surface area contributed by atoms with Gasteiger partial charge in [0.1, 0.15) is 23.8 Å². The SMILES string of the molecule is CC1(C)CC(=O)Nc2nc(NC(=O)c3cccnc3Nc3ccc4ncncc4c3)ccc21. The lowest BCUT2D eigenvalue weighted by molar-refractivity contribution is -0.117. The topological polar surface area (TPSA) is 122 Å². The molecule has 9 nitrogen and oxygen atoms in total. The molecule has 5 rings (SSSR count). The molecule has 3 aromatic heterocycles. The van der Waals surface area contributed by atoms with E-state index in [0.29, 0.717) is 29.4 Å². The van der Waals surface area contributed by atoms with Gasteiger partial charge in [-0.15, -0.1) is 0 Å². The highest BCUT2D eigenvalue weighted by Crippen LogP contribution is 2.36. The number of anilines is 4. The third-order valence-electron chi connectivity index (χ3n) is 5.55. The number of aromatic nitrogens is 4. The fourth-order valence-corrected chi connectivity index (χ4v) is 3.91. The van der Waals surface area contributed by atoms with Crippen LogP contribution in [-0.2, 0) is 10.2 Å². The number of carbonyl (C=O) groups excluding carboxylic acids is 2. The largest absolute Gasteiger partial charge is 0.340 e. The molecule has 0 spiro atoms. The number of amides is 2. The van der Waals surface area contributed by atoms with Gasteiger partial charge in [0.15, 0.2) is 0 Å². The molecular weight excluding hydrogens is 418 g/mol. The maximum absolute atomic E-state index is 13.1. The molecule has 0 bridgehead atoms. The van der Waals surface area contributed by atoms with E-state index < -0.39 is 0 Å². The lowest BCUT2D eigenvalue weighted by Crippen LogP contribution is -2.33. The molecule has 0 fully saturated rings. The van der Waals surface area contributed by atoms with Gasteiger partial charge in [-0.3, -0.25) is 9.59 Å². The average Bonchev–Trinajstić information content (AvgIpc) is 2.78. The van der Waals surface area contributed by atoms with Gasteiger partial charge >= 0.3 is 0 Å². The summed E-state index contributed by atoms with van der Waals surface area (Å²) < 4.78 is 0. The molecule has 0 unspecified atom stereocenters. The number of nitrogens with one attached hydrogen (secondary N) is 3. The first-order chi connectivity index (χ1) is 15.9. The maximum Gasteiger partial charge on any atom is 0.260 e. The molecular formula is C24H21N7O2. The van der Waals surface area contributed by atoms with Gasteiger partial charge < -0.3 is 16.0 Å². The highest BCUT2D eigenvalue weighted by atomic mass is 16.2. The zero-order valence-electron chi connectivity index (χ0n) is 18.1. The molecule has 0 atom stereocenters. The van der Waals surface area contributed by atoms with Crippen LogP contribution < -0.4 is 16.0 Å². The molecule has 0 saturated heterocycles. The maximum atomic E-state index is 13.1. The highest BCUT2D eigenvalue weighted by Gasteiger charge is 2.33. The first kappa shape index (κ1) is 20.5. The molecule has 4 heterocycles. The Labute approximate surface area is 189 Å². The summed E-state index contributed by atoms with van der Waals surface area (Å²) in [5.41, 5.74) is 2.54. The first-order valence-corrected chi connectivity index (χ1v) is 10.4. The molecule has 1 aliphatic heterocycles. The summed E-state index contributed by atoms with van der Waals surface area (Å²) >= 11 is 0. The molecule has 164 valence electrons. The molecule has 33 heavy (non-hydrogen) atoms. The summed E-state index contributed by atoms with van der Waals surface area (Å²) in [4.78, 5) is 42.1. The molecule has 0 saturated carbocycles. The van der Waals surface area contributed by atoms with E-state index in [0.717, 1.165) is 22.2 Å². The fourth-order valence-electron chi connectivity index (χ4n) is 3.91. The molecule has 0 aliphatic carbocycles. The summed E-state index contributed by atoms with van der Waals surface area (Å²) in [6.07, 6.45) is 5.22. The predicted octanol–water partition coefficient (Wildman–Crippen LogP) is 4.04. The minimum Gasteiger partial charge on any atom is -0.340 e. The van der Waals surface area contributed by atoms with Crippen molar-refractivity contribution in [2.24, 2.45) is 0 Å². The number of hydrogen-bond donors (Lipinski definition) is 3. The van der Waals surface area contributed by atoms with Gasteiger partial charge in [-0.1, -0.05) is 19.9 Å². The molecule has 2 amide bonds. The molecule has 4 aromatic rings. The fraction of sp³-hybridized carbons (Fsp3) is 0.167. The van der Waals surface area contributed by atoms with Gasteiger partial charge in [0.25, 0.3) is 5.91 Å². The van der Waals surface area contributed by atoms with Crippen molar-refractivity contribution in [3.05, 3.63) is 72.3 Å². The van der Waals surface area contributed by atoms with Crippen molar-refractivity contribution in [1.82, 2.24) is 19.9 Å². The number of pyridine rings is 2. The monoisotopic (exact) mass is 439 g/mol. The van der Waals surface area contributed by atoms with Gasteiger partial charge in [0, 0.05) is 40.9 Å². The van der Waals surface area contributed by atoms with Gasteiger partial charge in [-0.05, 0) is 36.4 Å². The smallest absolute Gasteiger partial charge is 0.260 e. The predicted molar refractivity (Wildman–Crippen MR) is 126 cm³/mol. The van der Waals surface area contributed by atoms with Crippen molar-refractivity contribution in [3.8, 4) is 0 Å². The summed E-state index contributed by atoms with van der Waals surface area (Å²) in [6, 6.07) is 12.6. The Morgan fingerprint density at radius 3 is 2.88 bits per heavy atom. The van der Waals surface area contributed by atoms with E-state index in [-0.39, 0.29) is 17.2 Å². The highest BCUT2D eigenvalue weighted by molar-refractivity contribution is 6.07. The van der Waals surface area contributed by atoms with Crippen LogP contribution in [0.1, 0.15) is 36.2 Å². The Kier molecular flexibility index (Phi) is 4.93. The summed E-state index contributed by atoms with van der Waals surface area (Å²) in [5, 5.41) is 9.66. The Balaban J connectivity index is 1.40. The number of hydrogen-bond acceptors (Lipinski definition) is 7. The lowest BCUT2D eigenvalue weighted by Gasteiger charge is -2.31. The van der Waals surface area contributed by atoms with Crippen molar-refractivity contribution < 1.29 is 9.59 Å². The van der Waals surface area contributed by atoms with E-state index in [4.69, 9.17) is 0 Å². The quantitative estimate of drug-likeness (QED) is 0.439. The Hall–Kier alpha value is -4.40. The van der Waals surface area contributed by atoms with Crippen molar-refractivity contribution in [2.75, 3.05) is 16.0 Å². The van der Waals surface area contributed by atoms with E-state index >= 15 is 0 Å². The Morgan fingerprint density at radius 2 is 2.00 bits per heavy atom. The second kappa shape index (κ2) is 7.94. The molecule has 1 aliphatic rings. The van der Waals surface area contributed by atoms with Gasteiger partial charge in [0.05, 0.1) is 11.1 Å². The van der Waals surface area contributed by atoms with Crippen molar-refractivity contribution in [1.29, 1.82) is 0 Å². The van der Waals surface area contributed by atoms with E-state index in [1.54, 1.807) is 30.6 Å². The van der Waals surface area contributed by atoms with Crippen LogP contribution >= 0.6 is 0 Å². The zero-order chi connectivity index (χ0) is 23.0. The minimum absolute atomic E-state index is 0.0944. The van der Waals surface area contributed by atoms with Crippen molar-refractivity contribution in [3.63, 3.8) is 0 Å². The Bertz CT molecular complexity index is 1400. The number of rotatable bonds is 4. The Morgan fingerprint density at radius 1 is 1.12 bits per heavy atom. The zero-order valence-corrected chi connectivity index (χ0v) is 18.1. The van der Waals surface area contributed by atoms with Gasteiger partial charge in [-0.25, -0.2) is 19.9 Å². The van der Waals surface area contributed by atoms with Crippen LogP contribution in [0.5, 0.6) is 0 Å². The minimum atomic E-state index is -0.372. The van der Waals surface area contributed by atoms with E-state index in [1.807, 2.05) is 38.1 Å². The summed E-state index contributed by atoms with van der Waals surface area (Å²) in [5.74, 6) is 0.747. The van der Waals surface area contributed by atoms with E-state index in [2.05, 4.69) is 35.9 Å². The van der Waals surface area contributed by atoms with Gasteiger partial charge in [-0.2, -0.15) is 0 Å². The number of carbonyl (C=O) groups is 2. The average molecular weight is 439 g/mol. The van der Waals surface area contributed by atoms with Crippen LogP contribution in [-0.4, -0.2) is 31.8 Å². The first-order valence-electron chi connectivity index (χ1n) is 10.4. The van der Waals surface area contributed by atoms with Crippen molar-refractivity contribution in [2.45, 2.75) is 25.7 Å². The second-order valence-corrected chi connectivity index (χ2v) is 8.48. The van der Waals surface area contributed by atoms with Crippen LogP contribution in [0.25, 0.3) is 10.9 Å². The number of nitrogens with zero attached hydrogens (tertiary/aromatic N) is 4. The third-order valence-corrected chi connectivity index (χ3v) is 5.55. The molecule has 0 radical (unpaired) electrons. The molecule has 1 aromatic carbocycles. The van der Waals surface area contributed by atoms with E-state index in [1.165, 1.54) is 6.33 Å². The van der Waals surface area contributed by atoms with Gasteiger partial charge in [0.2, 0.25) is 5.91 Å². The standard InChI is InChI=1S/C24H21N7O2/c1-24(2)11-20(32)31-22-17(24)6-8-19(29-22)30-23(33)16-4-3-9-26-21(16)28-15-5-7-18-14(10-15)12-25-13-27-18/h3-10,12-13H,11H2,1-2H3,(H,26,28)(H2,29,30,31,32,33). The molecule has 9 heteroatoms. The summed E-state index contributed by atoms with van der Waals surface area (Å²) in [6.45, 7) is 3.99. The normalized spacial score (nSPS) is 14.3. The third kappa shape index (κ3) is 4.08. The van der Waals surface area contributed by atoms with Crippen LogP contribution in [0, 0.1) is 0 Å². The van der Waals surface area contributed by atoms with Crippen LogP contribution in [0.2, 0.25) is 0 Å². The van der Waals surface area contributed by atoms with Crippen LogP contribution in [0.15, 0.2) is 61.2 Å². The van der Waals surface area contributed by atoms with Crippen LogP contribution in [0.4, 0.5) is 23.1 Å². The summed E-state index contributed by atoms with van der Waals surface area (Å²) in [7, 11) is 0. The number of fused-ring (bicyclic) bond motifs is 2. The second-order valence-electron chi connectivity index (χ2n) is 8.48. The van der Waals surface area contributed by atoms with Crippen LogP contribution in [0.3, 0.4) is 0 Å². The number of benzene rings is 1. The lowest BCUT2D eigenvalue weighted by atomic mass is 9.79. The van der Waals surface area contributed by atoms with Crippen molar-refractivity contribution >= 4 is 45.9 Å².